The van der Waals surface area contributed by atoms with Crippen molar-refractivity contribution in [3.05, 3.63) is 0 Å². The van der Waals surface area contributed by atoms with Crippen LogP contribution in [0, 0.1) is 0 Å². The predicted molar refractivity (Wildman–Crippen MR) is 48.2 cm³/mol. The van der Waals surface area contributed by atoms with Gasteiger partial charge in [-0.05, 0) is 13.3 Å². The van der Waals surface area contributed by atoms with Crippen LogP contribution in [0.15, 0.2) is 0 Å². The van der Waals surface area contributed by atoms with Crippen LogP contribution in [-0.4, -0.2) is 31.5 Å². The van der Waals surface area contributed by atoms with Crippen molar-refractivity contribution >= 4 is 5.97 Å². The molecule has 0 radical (unpaired) electrons. The largest absolute Gasteiger partial charge is 0.464 e. The Labute approximate surface area is 78.6 Å². The van der Waals surface area contributed by atoms with Crippen molar-refractivity contribution in [1.82, 2.24) is 5.32 Å². The standard InChI is InChI=1S/C9H17NO3/c1-3-5-8-10-6-7(13-8)9(11)12-4-2/h7-8,10H,3-6H2,1-2H3. The number of esters is 1. The molecule has 1 rings (SSSR count). The van der Waals surface area contributed by atoms with Crippen LogP contribution in [0.2, 0.25) is 0 Å². The van der Waals surface area contributed by atoms with E-state index in [0.29, 0.717) is 13.2 Å². The van der Waals surface area contributed by atoms with Crippen LogP contribution in [0.1, 0.15) is 26.7 Å². The molecule has 0 aromatic carbocycles. The lowest BCUT2D eigenvalue weighted by Crippen LogP contribution is -2.26. The monoisotopic (exact) mass is 187 g/mol. The Morgan fingerprint density at radius 2 is 2.38 bits per heavy atom. The molecule has 1 N–H and O–H groups in total. The summed E-state index contributed by atoms with van der Waals surface area (Å²) in [5.74, 6) is -0.256. The van der Waals surface area contributed by atoms with Crippen LogP contribution in [-0.2, 0) is 14.3 Å². The number of carbonyl (C=O) groups is 1. The van der Waals surface area contributed by atoms with E-state index in [1.54, 1.807) is 6.92 Å². The lowest BCUT2D eigenvalue weighted by atomic mass is 10.3. The second-order valence-corrected chi connectivity index (χ2v) is 3.06. The first-order valence-electron chi connectivity index (χ1n) is 4.83. The molecule has 1 fully saturated rings. The highest BCUT2D eigenvalue weighted by Gasteiger charge is 2.30. The first kappa shape index (κ1) is 10.5. The number of carbonyl (C=O) groups excluding carboxylic acids is 1. The Hall–Kier alpha value is -0.610. The van der Waals surface area contributed by atoms with Crippen LogP contribution in [0.4, 0.5) is 0 Å². The van der Waals surface area contributed by atoms with E-state index in [1.165, 1.54) is 0 Å². The molecule has 1 aliphatic rings. The quantitative estimate of drug-likeness (QED) is 0.657. The molecule has 0 aromatic heterocycles. The average Bonchev–Trinajstić information content (AvgIpc) is 2.54. The molecule has 1 heterocycles. The highest BCUT2D eigenvalue weighted by atomic mass is 16.6. The Balaban J connectivity index is 2.27. The van der Waals surface area contributed by atoms with Crippen molar-refractivity contribution in [1.29, 1.82) is 0 Å². The minimum absolute atomic E-state index is 0.0272. The molecule has 1 saturated heterocycles. The average molecular weight is 187 g/mol. The zero-order valence-corrected chi connectivity index (χ0v) is 8.21. The number of nitrogens with one attached hydrogen (secondary N) is 1. The lowest BCUT2D eigenvalue weighted by molar-refractivity contribution is -0.155. The van der Waals surface area contributed by atoms with Crippen molar-refractivity contribution in [2.24, 2.45) is 0 Å². The van der Waals surface area contributed by atoms with Crippen molar-refractivity contribution in [2.45, 2.75) is 39.0 Å². The molecular formula is C9H17NO3. The van der Waals surface area contributed by atoms with Gasteiger partial charge in [-0.3, -0.25) is 5.32 Å². The van der Waals surface area contributed by atoms with Gasteiger partial charge in [0.05, 0.1) is 6.61 Å². The van der Waals surface area contributed by atoms with Gasteiger partial charge in [-0.2, -0.15) is 0 Å². The van der Waals surface area contributed by atoms with E-state index in [-0.39, 0.29) is 12.2 Å². The van der Waals surface area contributed by atoms with E-state index in [0.717, 1.165) is 12.8 Å². The highest BCUT2D eigenvalue weighted by Crippen LogP contribution is 2.10. The maximum Gasteiger partial charge on any atom is 0.336 e. The van der Waals surface area contributed by atoms with E-state index < -0.39 is 6.10 Å². The highest BCUT2D eigenvalue weighted by molar-refractivity contribution is 5.75. The number of hydrogen-bond acceptors (Lipinski definition) is 4. The molecule has 0 aromatic rings. The summed E-state index contributed by atoms with van der Waals surface area (Å²) < 4.78 is 10.3. The summed E-state index contributed by atoms with van der Waals surface area (Å²) in [5, 5.41) is 3.12. The van der Waals surface area contributed by atoms with Crippen molar-refractivity contribution in [2.75, 3.05) is 13.2 Å². The number of hydrogen-bond donors (Lipinski definition) is 1. The maximum atomic E-state index is 11.2. The summed E-state index contributed by atoms with van der Waals surface area (Å²) in [6.45, 7) is 4.87. The zero-order chi connectivity index (χ0) is 9.68. The summed E-state index contributed by atoms with van der Waals surface area (Å²) in [4.78, 5) is 11.2. The summed E-state index contributed by atoms with van der Waals surface area (Å²) in [5.41, 5.74) is 0. The van der Waals surface area contributed by atoms with E-state index in [4.69, 9.17) is 9.47 Å². The normalized spacial score (nSPS) is 27.5. The molecule has 2 atom stereocenters. The van der Waals surface area contributed by atoms with E-state index in [1.807, 2.05) is 0 Å². The van der Waals surface area contributed by atoms with Crippen molar-refractivity contribution in [3.8, 4) is 0 Å². The third-order valence-electron chi connectivity index (χ3n) is 1.96. The fraction of sp³-hybridized carbons (Fsp3) is 0.889. The van der Waals surface area contributed by atoms with E-state index in [9.17, 15) is 4.79 Å². The summed E-state index contributed by atoms with van der Waals surface area (Å²) >= 11 is 0. The molecule has 0 aliphatic carbocycles. The topological polar surface area (TPSA) is 47.6 Å². The molecule has 1 aliphatic heterocycles. The van der Waals surface area contributed by atoms with Gasteiger partial charge in [-0.25, -0.2) is 4.79 Å². The first-order chi connectivity index (χ1) is 6.27. The molecule has 4 heteroatoms. The minimum atomic E-state index is -0.406. The summed E-state index contributed by atoms with van der Waals surface area (Å²) in [6.07, 6.45) is 1.61. The number of ether oxygens (including phenoxy) is 2. The van der Waals surface area contributed by atoms with Gasteiger partial charge >= 0.3 is 5.97 Å². The van der Waals surface area contributed by atoms with Gasteiger partial charge in [0.15, 0.2) is 6.10 Å². The van der Waals surface area contributed by atoms with Crippen molar-refractivity contribution in [3.63, 3.8) is 0 Å². The first-order valence-corrected chi connectivity index (χ1v) is 4.83. The third kappa shape index (κ3) is 2.97. The SMILES string of the molecule is CCCC1NCC(C(=O)OCC)O1. The predicted octanol–water partition coefficient (Wildman–Crippen LogP) is 0.664. The smallest absolute Gasteiger partial charge is 0.336 e. The summed E-state index contributed by atoms with van der Waals surface area (Å²) in [7, 11) is 0. The Morgan fingerprint density at radius 3 is 3.00 bits per heavy atom. The van der Waals surface area contributed by atoms with Crippen LogP contribution in [0.25, 0.3) is 0 Å². The van der Waals surface area contributed by atoms with E-state index >= 15 is 0 Å². The van der Waals surface area contributed by atoms with Gasteiger partial charge in [-0.1, -0.05) is 13.3 Å². The van der Waals surface area contributed by atoms with Crippen LogP contribution in [0.3, 0.4) is 0 Å². The molecule has 0 amide bonds. The Bertz CT molecular complexity index is 172. The summed E-state index contributed by atoms with van der Waals surface area (Å²) in [6, 6.07) is 0. The molecule has 4 nitrogen and oxygen atoms in total. The van der Waals surface area contributed by atoms with Crippen LogP contribution in [0.5, 0.6) is 0 Å². The fourth-order valence-electron chi connectivity index (χ4n) is 1.34. The van der Waals surface area contributed by atoms with Gasteiger partial charge in [0, 0.05) is 6.54 Å². The van der Waals surface area contributed by atoms with Gasteiger partial charge in [0.1, 0.15) is 6.23 Å². The molecule has 13 heavy (non-hydrogen) atoms. The minimum Gasteiger partial charge on any atom is -0.464 e. The van der Waals surface area contributed by atoms with Gasteiger partial charge in [-0.15, -0.1) is 0 Å². The van der Waals surface area contributed by atoms with Gasteiger partial charge < -0.3 is 9.47 Å². The number of rotatable bonds is 4. The molecule has 2 unspecified atom stereocenters. The second kappa shape index (κ2) is 5.19. The maximum absolute atomic E-state index is 11.2. The van der Waals surface area contributed by atoms with Gasteiger partial charge in [0.2, 0.25) is 0 Å². The van der Waals surface area contributed by atoms with Crippen molar-refractivity contribution < 1.29 is 14.3 Å². The molecule has 0 spiro atoms. The fourth-order valence-corrected chi connectivity index (χ4v) is 1.34. The van der Waals surface area contributed by atoms with E-state index in [2.05, 4.69) is 12.2 Å². The molecule has 0 bridgehead atoms. The molecule has 76 valence electrons. The van der Waals surface area contributed by atoms with Gasteiger partial charge in [0.25, 0.3) is 0 Å². The Morgan fingerprint density at radius 1 is 1.62 bits per heavy atom. The molecular weight excluding hydrogens is 170 g/mol. The third-order valence-corrected chi connectivity index (χ3v) is 1.96. The molecule has 0 saturated carbocycles. The second-order valence-electron chi connectivity index (χ2n) is 3.06. The Kier molecular flexibility index (Phi) is 4.18. The van der Waals surface area contributed by atoms with Crippen LogP contribution >= 0.6 is 0 Å². The van der Waals surface area contributed by atoms with Crippen LogP contribution < -0.4 is 5.32 Å². The lowest BCUT2D eigenvalue weighted by Gasteiger charge is -2.10. The zero-order valence-electron chi connectivity index (χ0n) is 8.21.